The molecule has 2 aliphatic rings. The predicted molar refractivity (Wildman–Crippen MR) is 91.5 cm³/mol. The summed E-state index contributed by atoms with van der Waals surface area (Å²) >= 11 is 0. The molecule has 0 unspecified atom stereocenters. The lowest BCUT2D eigenvalue weighted by molar-refractivity contribution is -0.00671. The van der Waals surface area contributed by atoms with E-state index >= 15 is 0 Å². The maximum absolute atomic E-state index is 13.0. The van der Waals surface area contributed by atoms with Crippen molar-refractivity contribution >= 4 is 0 Å². The average molecular weight is 321 g/mol. The van der Waals surface area contributed by atoms with Gasteiger partial charge in [-0.1, -0.05) is 39.0 Å². The number of rotatable bonds is 7. The van der Waals surface area contributed by atoms with Crippen molar-refractivity contribution in [1.29, 1.82) is 5.26 Å². The fraction of sp³-hybridized carbons (Fsp3) is 0.850. The van der Waals surface area contributed by atoms with E-state index in [-0.39, 0.29) is 5.92 Å². The lowest BCUT2D eigenvalue weighted by Crippen LogP contribution is -2.25. The summed E-state index contributed by atoms with van der Waals surface area (Å²) in [6.45, 7) is 3.19. The number of ether oxygens (including phenoxy) is 1. The van der Waals surface area contributed by atoms with Gasteiger partial charge in [-0.2, -0.15) is 9.65 Å². The van der Waals surface area contributed by atoms with E-state index in [9.17, 15) is 4.39 Å². The highest BCUT2D eigenvalue weighted by Crippen LogP contribution is 2.33. The van der Waals surface area contributed by atoms with Crippen molar-refractivity contribution in [3.05, 3.63) is 11.9 Å². The Morgan fingerprint density at radius 2 is 1.74 bits per heavy atom. The molecule has 2 rings (SSSR count). The third-order valence-electron chi connectivity index (χ3n) is 5.71. The highest BCUT2D eigenvalue weighted by Gasteiger charge is 2.24. The Morgan fingerprint density at radius 3 is 2.35 bits per heavy atom. The minimum Gasteiger partial charge on any atom is -0.378 e. The fourth-order valence-electron chi connectivity index (χ4n) is 4.12. The van der Waals surface area contributed by atoms with Crippen LogP contribution in [0.15, 0.2) is 11.9 Å². The first-order valence-corrected chi connectivity index (χ1v) is 9.60. The van der Waals surface area contributed by atoms with Gasteiger partial charge in [-0.15, -0.1) is 0 Å². The van der Waals surface area contributed by atoms with E-state index in [1.165, 1.54) is 51.0 Å². The number of unbranched alkanes of at least 4 members (excludes halogenated alkanes) is 1. The lowest BCUT2D eigenvalue weighted by atomic mass is 9.80. The van der Waals surface area contributed by atoms with Crippen LogP contribution in [-0.4, -0.2) is 12.7 Å². The lowest BCUT2D eigenvalue weighted by Gasteiger charge is -2.31. The van der Waals surface area contributed by atoms with Crippen molar-refractivity contribution in [2.75, 3.05) is 6.61 Å². The molecule has 0 spiro atoms. The zero-order chi connectivity index (χ0) is 16.5. The molecule has 0 aromatic rings. The molecular formula is C20H32FNO. The van der Waals surface area contributed by atoms with Crippen LogP contribution in [0.2, 0.25) is 0 Å². The zero-order valence-electron chi connectivity index (χ0n) is 14.6. The first-order chi connectivity index (χ1) is 11.2. The summed E-state index contributed by atoms with van der Waals surface area (Å²) in [6, 6.07) is 1.57. The number of nitriles is 1. The Hall–Kier alpha value is -0.880. The Morgan fingerprint density at radius 1 is 1.09 bits per heavy atom. The zero-order valence-corrected chi connectivity index (χ0v) is 14.6. The summed E-state index contributed by atoms with van der Waals surface area (Å²) in [4.78, 5) is 0. The van der Waals surface area contributed by atoms with E-state index in [0.29, 0.717) is 6.10 Å². The van der Waals surface area contributed by atoms with Crippen molar-refractivity contribution in [3.8, 4) is 6.07 Å². The van der Waals surface area contributed by atoms with Crippen LogP contribution in [0.25, 0.3) is 0 Å². The summed E-state index contributed by atoms with van der Waals surface area (Å²) < 4.78 is 19.1. The normalized spacial score (nSPS) is 32.5. The number of hydrogen-bond acceptors (Lipinski definition) is 2. The molecule has 0 aromatic heterocycles. The molecule has 2 aliphatic carbocycles. The maximum Gasteiger partial charge on any atom is 0.196 e. The molecule has 2 saturated carbocycles. The van der Waals surface area contributed by atoms with Crippen molar-refractivity contribution in [2.24, 2.45) is 17.8 Å². The molecular weight excluding hydrogens is 289 g/mol. The van der Waals surface area contributed by atoms with Crippen molar-refractivity contribution in [1.82, 2.24) is 0 Å². The Labute approximate surface area is 141 Å². The van der Waals surface area contributed by atoms with Gasteiger partial charge < -0.3 is 4.74 Å². The summed E-state index contributed by atoms with van der Waals surface area (Å²) in [5.74, 6) is 1.31. The Balaban J connectivity index is 1.59. The van der Waals surface area contributed by atoms with Gasteiger partial charge in [0.05, 0.1) is 6.10 Å². The molecule has 0 radical (unpaired) electrons. The highest BCUT2D eigenvalue weighted by molar-refractivity contribution is 5.13. The minimum atomic E-state index is -0.630. The van der Waals surface area contributed by atoms with Gasteiger partial charge in [-0.25, -0.2) is 0 Å². The fourth-order valence-corrected chi connectivity index (χ4v) is 4.12. The average Bonchev–Trinajstić information content (AvgIpc) is 2.60. The molecule has 0 bridgehead atoms. The molecule has 0 heterocycles. The molecule has 2 nitrogen and oxygen atoms in total. The van der Waals surface area contributed by atoms with Gasteiger partial charge in [0.2, 0.25) is 0 Å². The standard InChI is InChI=1S/C20H32FNO/c1-2-3-4-16-5-7-18(8-6-16)15-23-20-11-9-17(10-12-20)13-19(21)14-22/h13,16-18,20H,2-12,15H2,1H3/t16-,17-,18-,20-. The van der Waals surface area contributed by atoms with Crippen LogP contribution in [0.3, 0.4) is 0 Å². The van der Waals surface area contributed by atoms with Crippen LogP contribution in [-0.2, 0) is 4.74 Å². The first kappa shape index (κ1) is 18.5. The van der Waals surface area contributed by atoms with Crippen LogP contribution in [0.4, 0.5) is 4.39 Å². The van der Waals surface area contributed by atoms with Crippen molar-refractivity contribution < 1.29 is 9.13 Å². The van der Waals surface area contributed by atoms with Gasteiger partial charge in [0.15, 0.2) is 5.83 Å². The third-order valence-corrected chi connectivity index (χ3v) is 5.71. The molecule has 0 saturated heterocycles. The van der Waals surface area contributed by atoms with Gasteiger partial charge >= 0.3 is 0 Å². The summed E-state index contributed by atoms with van der Waals surface area (Å²) in [5, 5.41) is 8.49. The molecule has 0 aromatic carbocycles. The monoisotopic (exact) mass is 321 g/mol. The van der Waals surface area contributed by atoms with Crippen LogP contribution >= 0.6 is 0 Å². The number of hydrogen-bond donors (Lipinski definition) is 0. The molecule has 0 aliphatic heterocycles. The smallest absolute Gasteiger partial charge is 0.196 e. The summed E-state index contributed by atoms with van der Waals surface area (Å²) in [7, 11) is 0. The number of halogens is 1. The van der Waals surface area contributed by atoms with E-state index < -0.39 is 5.83 Å². The summed E-state index contributed by atoms with van der Waals surface area (Å²) in [6.07, 6.45) is 15.3. The van der Waals surface area contributed by atoms with Crippen LogP contribution < -0.4 is 0 Å². The van der Waals surface area contributed by atoms with Crippen LogP contribution in [0.1, 0.15) is 77.6 Å². The second-order valence-corrected chi connectivity index (χ2v) is 7.53. The van der Waals surface area contributed by atoms with E-state index in [0.717, 1.165) is 44.1 Å². The first-order valence-electron chi connectivity index (χ1n) is 9.60. The molecule has 3 heteroatoms. The minimum absolute atomic E-state index is 0.225. The van der Waals surface area contributed by atoms with E-state index in [4.69, 9.17) is 10.00 Å². The Kier molecular flexibility index (Phi) is 8.09. The Bertz CT molecular complexity index is 398. The molecule has 0 atom stereocenters. The van der Waals surface area contributed by atoms with Gasteiger partial charge in [0.1, 0.15) is 6.07 Å². The van der Waals surface area contributed by atoms with E-state index in [1.54, 1.807) is 6.07 Å². The van der Waals surface area contributed by atoms with Crippen LogP contribution in [0.5, 0.6) is 0 Å². The largest absolute Gasteiger partial charge is 0.378 e. The van der Waals surface area contributed by atoms with Gasteiger partial charge in [0, 0.05) is 6.61 Å². The highest BCUT2D eigenvalue weighted by atomic mass is 19.1. The van der Waals surface area contributed by atoms with Gasteiger partial charge in [-0.05, 0) is 62.4 Å². The van der Waals surface area contributed by atoms with E-state index in [1.807, 2.05) is 0 Å². The molecule has 130 valence electrons. The molecule has 23 heavy (non-hydrogen) atoms. The topological polar surface area (TPSA) is 33.0 Å². The second kappa shape index (κ2) is 10.1. The summed E-state index contributed by atoms with van der Waals surface area (Å²) in [5.41, 5.74) is 0. The van der Waals surface area contributed by atoms with Crippen LogP contribution in [0, 0.1) is 29.1 Å². The second-order valence-electron chi connectivity index (χ2n) is 7.53. The molecule has 0 amide bonds. The maximum atomic E-state index is 13.0. The predicted octanol–water partition coefficient (Wildman–Crippen LogP) is 5.94. The van der Waals surface area contributed by atoms with Gasteiger partial charge in [0.25, 0.3) is 0 Å². The van der Waals surface area contributed by atoms with E-state index in [2.05, 4.69) is 6.92 Å². The van der Waals surface area contributed by atoms with Gasteiger partial charge in [-0.3, -0.25) is 0 Å². The SMILES string of the molecule is CCCC[C@H]1CC[C@H](CO[C@H]2CC[C@H](C=C(F)C#N)CC2)CC1. The van der Waals surface area contributed by atoms with Crippen molar-refractivity contribution in [3.63, 3.8) is 0 Å². The third kappa shape index (κ3) is 6.63. The number of allylic oxidation sites excluding steroid dienone is 2. The number of nitrogens with zero attached hydrogens (tertiary/aromatic N) is 1. The molecule has 2 fully saturated rings. The van der Waals surface area contributed by atoms with Crippen molar-refractivity contribution in [2.45, 2.75) is 83.7 Å². The molecule has 0 N–H and O–H groups in total. The quantitative estimate of drug-likeness (QED) is 0.544.